The van der Waals surface area contributed by atoms with E-state index in [-0.39, 0.29) is 0 Å². The van der Waals surface area contributed by atoms with Gasteiger partial charge < -0.3 is 4.43 Å². The van der Waals surface area contributed by atoms with E-state index in [2.05, 4.69) is 63.4 Å². The molecule has 0 fully saturated rings. The minimum absolute atomic E-state index is 0.328. The van der Waals surface area contributed by atoms with Crippen LogP contribution < -0.4 is 0 Å². The Morgan fingerprint density at radius 1 is 0.826 bits per heavy atom. The predicted molar refractivity (Wildman–Crippen MR) is 117 cm³/mol. The van der Waals surface area contributed by atoms with Gasteiger partial charge in [-0.1, -0.05) is 102 Å². The third kappa shape index (κ3) is 12.0. The number of halogens is 1. The summed E-state index contributed by atoms with van der Waals surface area (Å²) in [6.45, 7) is 14.2. The first kappa shape index (κ1) is 23.9. The fraction of sp³-hybridized carbons (Fsp3) is 1.00. The Balaban J connectivity index is 4.28. The summed E-state index contributed by atoms with van der Waals surface area (Å²) in [4.78, 5) is 0. The van der Waals surface area contributed by atoms with Crippen LogP contribution in [0.25, 0.3) is 0 Å². The summed E-state index contributed by atoms with van der Waals surface area (Å²) < 4.78 is 8.06. The highest BCUT2D eigenvalue weighted by atomic mass is 127. The van der Waals surface area contributed by atoms with E-state index in [0.29, 0.717) is 11.1 Å². The molecule has 0 aliphatic carbocycles. The standard InChI is InChI=1S/C20H43IOSi/c1-7-8-9-13-16-19(17-14-11-10-12-15-18-21)22-23(5,6)20(2,3)4/h19H,7-18H2,1-6H3. The molecule has 0 saturated heterocycles. The lowest BCUT2D eigenvalue weighted by atomic mass is 10.0. The highest BCUT2D eigenvalue weighted by Crippen LogP contribution is 2.38. The quantitative estimate of drug-likeness (QED) is 0.111. The Morgan fingerprint density at radius 3 is 1.78 bits per heavy atom. The average molecular weight is 455 g/mol. The first-order valence-electron chi connectivity index (χ1n) is 9.98. The van der Waals surface area contributed by atoms with Crippen molar-refractivity contribution in [3.8, 4) is 0 Å². The lowest BCUT2D eigenvalue weighted by molar-refractivity contribution is 0.154. The van der Waals surface area contributed by atoms with Gasteiger partial charge in [-0.05, 0) is 41.8 Å². The van der Waals surface area contributed by atoms with E-state index < -0.39 is 8.32 Å². The lowest BCUT2D eigenvalue weighted by Crippen LogP contribution is -2.44. The molecule has 1 nitrogen and oxygen atoms in total. The van der Waals surface area contributed by atoms with Crippen molar-refractivity contribution in [1.82, 2.24) is 0 Å². The molecular formula is C20H43IOSi. The van der Waals surface area contributed by atoms with Crippen LogP contribution in [0.15, 0.2) is 0 Å². The highest BCUT2D eigenvalue weighted by Gasteiger charge is 2.38. The molecule has 1 atom stereocenters. The second kappa shape index (κ2) is 13.2. The van der Waals surface area contributed by atoms with Gasteiger partial charge in [0.1, 0.15) is 0 Å². The van der Waals surface area contributed by atoms with Gasteiger partial charge in [0, 0.05) is 6.10 Å². The number of hydrogen-bond acceptors (Lipinski definition) is 1. The Kier molecular flexibility index (Phi) is 13.7. The summed E-state index contributed by atoms with van der Waals surface area (Å²) in [6, 6.07) is 0. The molecule has 0 heterocycles. The van der Waals surface area contributed by atoms with Crippen molar-refractivity contribution in [2.45, 2.75) is 123 Å². The average Bonchev–Trinajstić information content (AvgIpc) is 2.45. The van der Waals surface area contributed by atoms with E-state index in [1.165, 1.54) is 75.1 Å². The Bertz CT molecular complexity index is 273. The van der Waals surface area contributed by atoms with Gasteiger partial charge >= 0.3 is 0 Å². The van der Waals surface area contributed by atoms with E-state index in [1.54, 1.807) is 0 Å². The number of alkyl halides is 1. The molecule has 1 unspecified atom stereocenters. The van der Waals surface area contributed by atoms with Crippen LogP contribution in [-0.2, 0) is 4.43 Å². The van der Waals surface area contributed by atoms with Gasteiger partial charge in [0.15, 0.2) is 8.32 Å². The van der Waals surface area contributed by atoms with Crippen LogP contribution >= 0.6 is 22.6 Å². The predicted octanol–water partition coefficient (Wildman–Crippen LogP) is 8.12. The fourth-order valence-corrected chi connectivity index (χ4v) is 4.61. The number of rotatable bonds is 14. The largest absolute Gasteiger partial charge is 0.414 e. The lowest BCUT2D eigenvalue weighted by Gasteiger charge is -2.39. The van der Waals surface area contributed by atoms with Gasteiger partial charge in [-0.2, -0.15) is 0 Å². The molecule has 23 heavy (non-hydrogen) atoms. The zero-order chi connectivity index (χ0) is 17.8. The van der Waals surface area contributed by atoms with Crippen molar-refractivity contribution in [3.63, 3.8) is 0 Å². The van der Waals surface area contributed by atoms with Crippen LogP contribution in [0.4, 0.5) is 0 Å². The molecule has 0 aromatic heterocycles. The Morgan fingerprint density at radius 2 is 1.30 bits per heavy atom. The normalized spacial score (nSPS) is 14.2. The molecule has 0 N–H and O–H groups in total. The van der Waals surface area contributed by atoms with Crippen molar-refractivity contribution in [2.75, 3.05) is 4.43 Å². The van der Waals surface area contributed by atoms with E-state index in [1.807, 2.05) is 0 Å². The number of unbranched alkanes of at least 4 members (excludes halogenated alkanes) is 7. The monoisotopic (exact) mass is 454 g/mol. The fourth-order valence-electron chi connectivity index (χ4n) is 2.65. The summed E-state index contributed by atoms with van der Waals surface area (Å²) in [7, 11) is -1.62. The first-order chi connectivity index (χ1) is 10.7. The molecule has 0 aliphatic rings. The third-order valence-electron chi connectivity index (χ3n) is 5.31. The van der Waals surface area contributed by atoms with E-state index in [9.17, 15) is 0 Å². The van der Waals surface area contributed by atoms with Gasteiger partial charge in [-0.15, -0.1) is 0 Å². The van der Waals surface area contributed by atoms with E-state index >= 15 is 0 Å². The summed E-state index contributed by atoms with van der Waals surface area (Å²) in [5.74, 6) is 0. The summed E-state index contributed by atoms with van der Waals surface area (Å²) in [5, 5.41) is 0.328. The maximum Gasteiger partial charge on any atom is 0.192 e. The van der Waals surface area contributed by atoms with Crippen LogP contribution in [0.3, 0.4) is 0 Å². The summed E-state index contributed by atoms with van der Waals surface area (Å²) in [5.41, 5.74) is 0. The SMILES string of the molecule is CCCCCCC(CCCCCCCI)O[Si](C)(C)C(C)(C)C. The maximum atomic E-state index is 6.75. The van der Waals surface area contributed by atoms with Gasteiger partial charge in [0.05, 0.1) is 0 Å². The topological polar surface area (TPSA) is 9.23 Å². The van der Waals surface area contributed by atoms with Crippen LogP contribution in [0.2, 0.25) is 18.1 Å². The van der Waals surface area contributed by atoms with Crippen LogP contribution in [0.1, 0.15) is 98.3 Å². The molecule has 0 spiro atoms. The zero-order valence-electron chi connectivity index (χ0n) is 16.8. The van der Waals surface area contributed by atoms with E-state index in [0.717, 1.165) is 0 Å². The molecule has 0 aromatic carbocycles. The Labute approximate surface area is 162 Å². The van der Waals surface area contributed by atoms with Gasteiger partial charge in [-0.3, -0.25) is 0 Å². The van der Waals surface area contributed by atoms with Crippen molar-refractivity contribution in [3.05, 3.63) is 0 Å². The highest BCUT2D eigenvalue weighted by molar-refractivity contribution is 14.1. The third-order valence-corrected chi connectivity index (χ3v) is 10.6. The second-order valence-electron chi connectivity index (χ2n) is 8.59. The minimum atomic E-state index is -1.62. The minimum Gasteiger partial charge on any atom is -0.414 e. The van der Waals surface area contributed by atoms with Crippen molar-refractivity contribution < 1.29 is 4.43 Å². The first-order valence-corrected chi connectivity index (χ1v) is 14.4. The van der Waals surface area contributed by atoms with Crippen LogP contribution in [0.5, 0.6) is 0 Å². The zero-order valence-corrected chi connectivity index (χ0v) is 20.0. The molecule has 0 aromatic rings. The molecule has 0 bridgehead atoms. The molecule has 3 heteroatoms. The Hall–Kier alpha value is 0.907. The van der Waals surface area contributed by atoms with Gasteiger partial charge in [-0.25, -0.2) is 0 Å². The summed E-state index contributed by atoms with van der Waals surface area (Å²) in [6.07, 6.45) is 15.5. The van der Waals surface area contributed by atoms with Crippen molar-refractivity contribution in [2.24, 2.45) is 0 Å². The molecule has 140 valence electrons. The molecular weight excluding hydrogens is 411 g/mol. The van der Waals surface area contributed by atoms with Crippen molar-refractivity contribution in [1.29, 1.82) is 0 Å². The molecule has 0 saturated carbocycles. The second-order valence-corrected chi connectivity index (χ2v) is 14.4. The van der Waals surface area contributed by atoms with Crippen LogP contribution in [-0.4, -0.2) is 18.8 Å². The maximum absolute atomic E-state index is 6.75. The molecule has 0 aliphatic heterocycles. The summed E-state index contributed by atoms with van der Waals surface area (Å²) >= 11 is 2.49. The number of hydrogen-bond donors (Lipinski definition) is 0. The van der Waals surface area contributed by atoms with E-state index in [4.69, 9.17) is 4.43 Å². The van der Waals surface area contributed by atoms with Gasteiger partial charge in [0.2, 0.25) is 0 Å². The smallest absolute Gasteiger partial charge is 0.192 e. The molecule has 0 rings (SSSR count). The molecule has 0 amide bonds. The van der Waals surface area contributed by atoms with Crippen molar-refractivity contribution >= 4 is 30.9 Å². The van der Waals surface area contributed by atoms with Gasteiger partial charge in [0.25, 0.3) is 0 Å². The molecule has 0 radical (unpaired) electrons. The van der Waals surface area contributed by atoms with Crippen LogP contribution in [0, 0.1) is 0 Å².